The summed E-state index contributed by atoms with van der Waals surface area (Å²) in [6.07, 6.45) is 2.87. The van der Waals surface area contributed by atoms with Crippen molar-refractivity contribution in [2.75, 3.05) is 28.7 Å². The van der Waals surface area contributed by atoms with Crippen molar-refractivity contribution in [2.24, 2.45) is 0 Å². The van der Waals surface area contributed by atoms with Crippen LogP contribution in [0.15, 0.2) is 35.2 Å². The molecule has 1 aromatic heterocycles. The van der Waals surface area contributed by atoms with Gasteiger partial charge >= 0.3 is 0 Å². The molecule has 2 rings (SSSR count). The Morgan fingerprint density at radius 2 is 2.16 bits per heavy atom. The number of carbonyl (C=O) groups is 1. The van der Waals surface area contributed by atoms with Gasteiger partial charge in [-0.1, -0.05) is 35.2 Å². The van der Waals surface area contributed by atoms with Gasteiger partial charge in [0.15, 0.2) is 4.34 Å². The fourth-order valence-electron chi connectivity index (χ4n) is 1.89. The van der Waals surface area contributed by atoms with Crippen LogP contribution in [0, 0.1) is 6.92 Å². The minimum atomic E-state index is -3.41. The summed E-state index contributed by atoms with van der Waals surface area (Å²) in [6, 6.07) is 4.89. The highest BCUT2D eigenvalue weighted by atomic mass is 32.2. The molecule has 134 valence electrons. The highest BCUT2D eigenvalue weighted by Crippen LogP contribution is 2.27. The number of anilines is 2. The lowest BCUT2D eigenvalue weighted by Crippen LogP contribution is -2.26. The van der Waals surface area contributed by atoms with E-state index >= 15 is 0 Å². The molecule has 0 saturated carbocycles. The first-order chi connectivity index (χ1) is 11.7. The third kappa shape index (κ3) is 5.03. The van der Waals surface area contributed by atoms with Crippen molar-refractivity contribution in [3.8, 4) is 0 Å². The maximum atomic E-state index is 12.4. The zero-order valence-electron chi connectivity index (χ0n) is 14.0. The number of hydrogen-bond acceptors (Lipinski definition) is 7. The lowest BCUT2D eigenvalue weighted by molar-refractivity contribution is 0.102. The molecule has 1 heterocycles. The first kappa shape index (κ1) is 19.4. The predicted molar refractivity (Wildman–Crippen MR) is 103 cm³/mol. The molecule has 0 bridgehead atoms. The number of sulfonamides is 1. The van der Waals surface area contributed by atoms with Crippen molar-refractivity contribution < 1.29 is 13.2 Å². The maximum Gasteiger partial charge on any atom is 0.257 e. The summed E-state index contributed by atoms with van der Waals surface area (Å²) < 4.78 is 25.4. The number of rotatable bonds is 7. The topological polar surface area (TPSA) is 92.3 Å². The molecule has 1 amide bonds. The van der Waals surface area contributed by atoms with Crippen LogP contribution >= 0.6 is 23.1 Å². The van der Waals surface area contributed by atoms with Gasteiger partial charge < -0.3 is 0 Å². The molecule has 0 aliphatic rings. The fourth-order valence-corrected chi connectivity index (χ4v) is 3.95. The number of thioether (sulfide) groups is 1. The van der Waals surface area contributed by atoms with Crippen LogP contribution in [0.5, 0.6) is 0 Å². The summed E-state index contributed by atoms with van der Waals surface area (Å²) in [7, 11) is -1.96. The third-order valence-electron chi connectivity index (χ3n) is 3.26. The van der Waals surface area contributed by atoms with Gasteiger partial charge in [-0.25, -0.2) is 8.42 Å². The Hall–Kier alpha value is -1.91. The highest BCUT2D eigenvalue weighted by Gasteiger charge is 2.17. The van der Waals surface area contributed by atoms with Crippen molar-refractivity contribution >= 4 is 49.8 Å². The SMILES string of the molecule is C=CCSc1nnc(NC(=O)c2ccc(C)c(N(C)S(C)(=O)=O)c2)s1. The van der Waals surface area contributed by atoms with Crippen LogP contribution in [-0.2, 0) is 10.0 Å². The average Bonchev–Trinajstić information content (AvgIpc) is 2.99. The van der Waals surface area contributed by atoms with E-state index < -0.39 is 10.0 Å². The van der Waals surface area contributed by atoms with E-state index in [0.717, 1.165) is 20.5 Å². The lowest BCUT2D eigenvalue weighted by Gasteiger charge is -2.19. The van der Waals surface area contributed by atoms with Crippen LogP contribution in [0.2, 0.25) is 0 Å². The van der Waals surface area contributed by atoms with E-state index in [0.29, 0.717) is 22.1 Å². The summed E-state index contributed by atoms with van der Waals surface area (Å²) in [5.74, 6) is 0.335. The second kappa shape index (κ2) is 7.98. The van der Waals surface area contributed by atoms with Crippen LogP contribution in [0.25, 0.3) is 0 Å². The quantitative estimate of drug-likeness (QED) is 0.438. The molecule has 0 aliphatic carbocycles. The molecule has 0 unspecified atom stereocenters. The number of benzene rings is 1. The molecule has 2 aromatic rings. The van der Waals surface area contributed by atoms with Crippen molar-refractivity contribution in [3.05, 3.63) is 42.0 Å². The molecule has 0 spiro atoms. The Morgan fingerprint density at radius 3 is 2.80 bits per heavy atom. The average molecular weight is 399 g/mol. The van der Waals surface area contributed by atoms with Crippen molar-refractivity contribution in [3.63, 3.8) is 0 Å². The van der Waals surface area contributed by atoms with Crippen molar-refractivity contribution in [1.82, 2.24) is 10.2 Å². The summed E-state index contributed by atoms with van der Waals surface area (Å²) in [4.78, 5) is 12.4. The molecule has 7 nitrogen and oxygen atoms in total. The van der Waals surface area contributed by atoms with Gasteiger partial charge in [0.05, 0.1) is 11.9 Å². The van der Waals surface area contributed by atoms with Crippen LogP contribution in [0.3, 0.4) is 0 Å². The largest absolute Gasteiger partial charge is 0.296 e. The number of carbonyl (C=O) groups excluding carboxylic acids is 1. The Bertz CT molecular complexity index is 893. The van der Waals surface area contributed by atoms with Gasteiger partial charge in [-0.3, -0.25) is 14.4 Å². The minimum Gasteiger partial charge on any atom is -0.296 e. The molecular formula is C15H18N4O3S3. The first-order valence-electron chi connectivity index (χ1n) is 7.15. The van der Waals surface area contributed by atoms with Gasteiger partial charge in [0.1, 0.15) is 0 Å². The third-order valence-corrected chi connectivity index (χ3v) is 6.42. The van der Waals surface area contributed by atoms with E-state index in [-0.39, 0.29) is 5.91 Å². The normalized spacial score (nSPS) is 11.2. The second-order valence-corrected chi connectivity index (χ2v) is 9.42. The zero-order chi connectivity index (χ0) is 18.6. The molecular weight excluding hydrogens is 380 g/mol. The Labute approximate surface area is 155 Å². The Morgan fingerprint density at radius 1 is 1.44 bits per heavy atom. The molecule has 0 radical (unpaired) electrons. The molecule has 0 fully saturated rings. The van der Waals surface area contributed by atoms with Crippen LogP contribution in [-0.4, -0.2) is 43.6 Å². The van der Waals surface area contributed by atoms with E-state index in [2.05, 4.69) is 22.1 Å². The fraction of sp³-hybridized carbons (Fsp3) is 0.267. The molecule has 0 aliphatic heterocycles. The number of nitrogens with zero attached hydrogens (tertiary/aromatic N) is 3. The number of nitrogens with one attached hydrogen (secondary N) is 1. The molecule has 10 heteroatoms. The molecule has 1 N–H and O–H groups in total. The maximum absolute atomic E-state index is 12.4. The molecule has 0 saturated heterocycles. The number of hydrogen-bond donors (Lipinski definition) is 1. The summed E-state index contributed by atoms with van der Waals surface area (Å²) in [5.41, 5.74) is 1.55. The van der Waals surface area contributed by atoms with Crippen LogP contribution in [0.4, 0.5) is 10.8 Å². The van der Waals surface area contributed by atoms with Gasteiger partial charge in [0.25, 0.3) is 5.91 Å². The van der Waals surface area contributed by atoms with Gasteiger partial charge in [-0.05, 0) is 24.6 Å². The number of aryl methyl sites for hydroxylation is 1. The van der Waals surface area contributed by atoms with Crippen LogP contribution in [0.1, 0.15) is 15.9 Å². The number of aromatic nitrogens is 2. The van der Waals surface area contributed by atoms with Crippen molar-refractivity contribution in [1.29, 1.82) is 0 Å². The van der Waals surface area contributed by atoms with E-state index in [1.54, 1.807) is 31.2 Å². The second-order valence-electron chi connectivity index (χ2n) is 5.16. The van der Waals surface area contributed by atoms with Gasteiger partial charge in [-0.15, -0.1) is 16.8 Å². The first-order valence-corrected chi connectivity index (χ1v) is 10.8. The number of amides is 1. The van der Waals surface area contributed by atoms with E-state index in [1.165, 1.54) is 30.1 Å². The molecule has 0 atom stereocenters. The summed E-state index contributed by atoms with van der Waals surface area (Å²) in [6.45, 7) is 5.42. The predicted octanol–water partition coefficient (Wildman–Crippen LogP) is 2.77. The summed E-state index contributed by atoms with van der Waals surface area (Å²) in [5, 5.41) is 11.0. The standard InChI is InChI=1S/C15H18N4O3S3/c1-5-8-23-15-18-17-14(24-15)16-13(20)11-7-6-10(2)12(9-11)19(3)25(4,21)22/h5-7,9H,1,8H2,2-4H3,(H,16,17,20). The highest BCUT2D eigenvalue weighted by molar-refractivity contribution is 8.01. The summed E-state index contributed by atoms with van der Waals surface area (Å²) >= 11 is 2.75. The monoisotopic (exact) mass is 398 g/mol. The van der Waals surface area contributed by atoms with E-state index in [9.17, 15) is 13.2 Å². The van der Waals surface area contributed by atoms with Gasteiger partial charge in [0.2, 0.25) is 15.2 Å². The van der Waals surface area contributed by atoms with E-state index in [4.69, 9.17) is 0 Å². The zero-order valence-corrected chi connectivity index (χ0v) is 16.5. The molecule has 1 aromatic carbocycles. The minimum absolute atomic E-state index is 0.339. The lowest BCUT2D eigenvalue weighted by atomic mass is 10.1. The van der Waals surface area contributed by atoms with Gasteiger partial charge in [0, 0.05) is 18.4 Å². The van der Waals surface area contributed by atoms with Crippen LogP contribution < -0.4 is 9.62 Å². The smallest absolute Gasteiger partial charge is 0.257 e. The van der Waals surface area contributed by atoms with E-state index in [1.807, 2.05) is 0 Å². The Balaban J connectivity index is 2.19. The van der Waals surface area contributed by atoms with Gasteiger partial charge in [-0.2, -0.15) is 0 Å². The molecule has 25 heavy (non-hydrogen) atoms. The van der Waals surface area contributed by atoms with Crippen molar-refractivity contribution in [2.45, 2.75) is 11.3 Å². The Kier molecular flexibility index (Phi) is 6.20.